The van der Waals surface area contributed by atoms with Crippen LogP contribution < -0.4 is 10.3 Å². The van der Waals surface area contributed by atoms with Crippen LogP contribution in [-0.4, -0.2) is 23.8 Å². The number of pyridine rings is 1. The van der Waals surface area contributed by atoms with Crippen LogP contribution >= 0.6 is 0 Å². The molecule has 22 heavy (non-hydrogen) atoms. The molecular weight excluding hydrogens is 282 g/mol. The van der Waals surface area contributed by atoms with Gasteiger partial charge in [-0.25, -0.2) is 0 Å². The van der Waals surface area contributed by atoms with E-state index in [9.17, 15) is 9.59 Å². The first-order valence-electron chi connectivity index (χ1n) is 6.94. The van der Waals surface area contributed by atoms with E-state index in [1.165, 1.54) is 20.1 Å². The van der Waals surface area contributed by atoms with Crippen LogP contribution in [0.5, 0.6) is 5.75 Å². The molecule has 1 aromatic carbocycles. The van der Waals surface area contributed by atoms with E-state index in [0.29, 0.717) is 11.3 Å². The Morgan fingerprint density at radius 2 is 2.09 bits per heavy atom. The van der Waals surface area contributed by atoms with Crippen LogP contribution in [0.25, 0.3) is 10.9 Å². The van der Waals surface area contributed by atoms with E-state index in [-0.39, 0.29) is 12.0 Å². The molecule has 0 unspecified atom stereocenters. The minimum atomic E-state index is -0.569. The van der Waals surface area contributed by atoms with Crippen LogP contribution in [0.3, 0.4) is 0 Å². The molecule has 0 saturated carbocycles. The second-order valence-electron chi connectivity index (χ2n) is 4.98. The predicted molar refractivity (Wildman–Crippen MR) is 85.2 cm³/mol. The topological polar surface area (TPSA) is 57.5 Å². The zero-order valence-electron chi connectivity index (χ0n) is 13.0. The number of para-hydroxylation sites is 1. The number of carbonyl (C=O) groups is 1. The van der Waals surface area contributed by atoms with Crippen molar-refractivity contribution in [3.8, 4) is 5.75 Å². The first-order valence-corrected chi connectivity index (χ1v) is 6.94. The van der Waals surface area contributed by atoms with Crippen molar-refractivity contribution in [2.45, 2.75) is 19.4 Å². The van der Waals surface area contributed by atoms with Crippen LogP contribution in [0.2, 0.25) is 0 Å². The molecule has 0 amide bonds. The van der Waals surface area contributed by atoms with Gasteiger partial charge in [-0.1, -0.05) is 24.8 Å². The zero-order valence-corrected chi connectivity index (χ0v) is 13.0. The first-order chi connectivity index (χ1) is 10.5. The third-order valence-corrected chi connectivity index (χ3v) is 3.54. The van der Waals surface area contributed by atoms with E-state index in [1.54, 1.807) is 11.6 Å². The van der Waals surface area contributed by atoms with E-state index in [4.69, 9.17) is 9.47 Å². The smallest absolute Gasteiger partial charge is 0.303 e. The van der Waals surface area contributed by atoms with Gasteiger partial charge in [0.2, 0.25) is 0 Å². The van der Waals surface area contributed by atoms with Gasteiger partial charge in [0.05, 0.1) is 18.2 Å². The third kappa shape index (κ3) is 2.88. The Morgan fingerprint density at radius 1 is 1.41 bits per heavy atom. The van der Waals surface area contributed by atoms with Crippen molar-refractivity contribution in [2.75, 3.05) is 7.11 Å². The third-order valence-electron chi connectivity index (χ3n) is 3.54. The fourth-order valence-electron chi connectivity index (χ4n) is 2.53. The van der Waals surface area contributed by atoms with Crippen LogP contribution in [0.15, 0.2) is 41.7 Å². The van der Waals surface area contributed by atoms with Gasteiger partial charge in [-0.15, -0.1) is 0 Å². The minimum Gasteiger partial charge on any atom is -0.496 e. The lowest BCUT2D eigenvalue weighted by molar-refractivity contribution is -0.144. The molecular formula is C17H19NO4. The Bertz CT molecular complexity index is 776. The lowest BCUT2D eigenvalue weighted by Gasteiger charge is -2.17. The van der Waals surface area contributed by atoms with Gasteiger partial charge < -0.3 is 14.0 Å². The molecule has 2 aromatic rings. The summed E-state index contributed by atoms with van der Waals surface area (Å²) >= 11 is 0. The Labute approximate surface area is 128 Å². The number of esters is 1. The number of hydrogen-bond acceptors (Lipinski definition) is 4. The quantitative estimate of drug-likeness (QED) is 0.627. The number of hydrogen-bond donors (Lipinski definition) is 0. The second kappa shape index (κ2) is 6.47. The Hall–Kier alpha value is -2.56. The fourth-order valence-corrected chi connectivity index (χ4v) is 2.53. The average Bonchev–Trinajstić information content (AvgIpc) is 2.51. The number of methoxy groups -OCH3 is 1. The summed E-state index contributed by atoms with van der Waals surface area (Å²) in [6, 6.07) is 7.51. The molecule has 0 bridgehead atoms. The Balaban J connectivity index is 2.62. The maximum absolute atomic E-state index is 12.6. The summed E-state index contributed by atoms with van der Waals surface area (Å²) < 4.78 is 12.2. The number of fused-ring (bicyclic) bond motifs is 1. The number of carbonyl (C=O) groups excluding carboxylic acids is 1. The highest BCUT2D eigenvalue weighted by Crippen LogP contribution is 2.28. The molecule has 1 heterocycles. The number of aromatic nitrogens is 1. The van der Waals surface area contributed by atoms with E-state index in [2.05, 4.69) is 6.58 Å². The molecule has 0 radical (unpaired) electrons. The zero-order chi connectivity index (χ0) is 16.3. The molecule has 0 saturated heterocycles. The summed E-state index contributed by atoms with van der Waals surface area (Å²) in [6.07, 6.45) is 1.17. The fraction of sp³-hybridized carbons (Fsp3) is 0.294. The maximum atomic E-state index is 12.6. The summed E-state index contributed by atoms with van der Waals surface area (Å²) in [7, 11) is 3.24. The average molecular weight is 301 g/mol. The summed E-state index contributed by atoms with van der Waals surface area (Å²) in [5.41, 5.74) is 1.08. The monoisotopic (exact) mass is 301 g/mol. The number of nitrogens with zero attached hydrogens (tertiary/aromatic N) is 1. The van der Waals surface area contributed by atoms with Gasteiger partial charge in [0.1, 0.15) is 11.9 Å². The molecule has 0 aliphatic heterocycles. The SMILES string of the molecule is C=C[C@H](Cc1c(OC)c2ccccc2n(C)c1=O)OC(C)=O. The van der Waals surface area contributed by atoms with Crippen molar-refractivity contribution < 1.29 is 14.3 Å². The summed E-state index contributed by atoms with van der Waals surface area (Å²) in [5.74, 6) is 0.0965. The lowest BCUT2D eigenvalue weighted by Crippen LogP contribution is -2.27. The van der Waals surface area contributed by atoms with Gasteiger partial charge >= 0.3 is 5.97 Å². The van der Waals surface area contributed by atoms with Crippen LogP contribution in [0.1, 0.15) is 12.5 Å². The molecule has 0 fully saturated rings. The normalized spacial score (nSPS) is 12.0. The van der Waals surface area contributed by atoms with Crippen molar-refractivity contribution in [1.29, 1.82) is 0 Å². The molecule has 5 nitrogen and oxygen atoms in total. The van der Waals surface area contributed by atoms with Crippen molar-refractivity contribution in [2.24, 2.45) is 7.05 Å². The van der Waals surface area contributed by atoms with Crippen molar-refractivity contribution in [3.05, 3.63) is 52.8 Å². The van der Waals surface area contributed by atoms with E-state index >= 15 is 0 Å². The molecule has 1 aromatic heterocycles. The van der Waals surface area contributed by atoms with E-state index in [1.807, 2.05) is 24.3 Å². The minimum absolute atomic E-state index is 0.172. The van der Waals surface area contributed by atoms with Gasteiger partial charge in [-0.05, 0) is 12.1 Å². The standard InChI is InChI=1S/C17H19NO4/c1-5-12(22-11(2)19)10-14-16(21-4)13-8-6-7-9-15(13)18(3)17(14)20/h5-9,12H,1,10H2,2-4H3/t12-/m1/s1. The second-order valence-corrected chi connectivity index (χ2v) is 4.98. The summed E-state index contributed by atoms with van der Waals surface area (Å²) in [4.78, 5) is 23.7. The van der Waals surface area contributed by atoms with E-state index < -0.39 is 12.1 Å². The van der Waals surface area contributed by atoms with Gasteiger partial charge in [0.25, 0.3) is 5.56 Å². The maximum Gasteiger partial charge on any atom is 0.303 e. The summed E-state index contributed by atoms with van der Waals surface area (Å²) in [6.45, 7) is 4.98. The lowest BCUT2D eigenvalue weighted by atomic mass is 10.0. The van der Waals surface area contributed by atoms with Crippen LogP contribution in [-0.2, 0) is 23.0 Å². The Morgan fingerprint density at radius 3 is 2.68 bits per heavy atom. The molecule has 0 spiro atoms. The highest BCUT2D eigenvalue weighted by atomic mass is 16.5. The van der Waals surface area contributed by atoms with Gasteiger partial charge in [0.15, 0.2) is 0 Å². The molecule has 0 N–H and O–H groups in total. The molecule has 0 aliphatic rings. The van der Waals surface area contributed by atoms with Gasteiger partial charge in [-0.3, -0.25) is 9.59 Å². The molecule has 1 atom stereocenters. The molecule has 5 heteroatoms. The van der Waals surface area contributed by atoms with Crippen LogP contribution in [0, 0.1) is 0 Å². The molecule has 2 rings (SSSR count). The largest absolute Gasteiger partial charge is 0.496 e. The number of aryl methyl sites for hydroxylation is 1. The number of rotatable bonds is 5. The van der Waals surface area contributed by atoms with Crippen molar-refractivity contribution in [3.63, 3.8) is 0 Å². The molecule has 116 valence electrons. The number of benzene rings is 1. The highest BCUT2D eigenvalue weighted by molar-refractivity contribution is 5.86. The summed E-state index contributed by atoms with van der Waals surface area (Å²) in [5, 5.41) is 0.840. The van der Waals surface area contributed by atoms with Crippen molar-refractivity contribution in [1.82, 2.24) is 4.57 Å². The van der Waals surface area contributed by atoms with Crippen LogP contribution in [0.4, 0.5) is 0 Å². The highest BCUT2D eigenvalue weighted by Gasteiger charge is 2.19. The number of ether oxygens (including phenoxy) is 2. The van der Waals surface area contributed by atoms with Crippen molar-refractivity contribution >= 4 is 16.9 Å². The van der Waals surface area contributed by atoms with Gasteiger partial charge in [0, 0.05) is 25.8 Å². The first kappa shape index (κ1) is 15.8. The molecule has 0 aliphatic carbocycles. The Kier molecular flexibility index (Phi) is 4.65. The van der Waals surface area contributed by atoms with E-state index in [0.717, 1.165) is 10.9 Å². The van der Waals surface area contributed by atoms with Gasteiger partial charge in [-0.2, -0.15) is 0 Å². The predicted octanol–water partition coefficient (Wildman–Crippen LogP) is 2.21.